The molecule has 0 bridgehead atoms. The lowest BCUT2D eigenvalue weighted by molar-refractivity contribution is -0.147. The number of hydrogen-bond donors (Lipinski definition) is 2. The van der Waals surface area contributed by atoms with Gasteiger partial charge in [-0.05, 0) is 24.5 Å². The second-order valence-electron chi connectivity index (χ2n) is 4.50. The molecule has 5 heteroatoms. The maximum absolute atomic E-state index is 11.8. The molecule has 3 N–H and O–H groups in total. The van der Waals surface area contributed by atoms with Gasteiger partial charge in [0.05, 0.1) is 18.1 Å². The molecule has 0 aliphatic heterocycles. The van der Waals surface area contributed by atoms with Crippen LogP contribution in [-0.4, -0.2) is 24.2 Å². The van der Waals surface area contributed by atoms with Crippen molar-refractivity contribution in [2.24, 2.45) is 0 Å². The summed E-state index contributed by atoms with van der Waals surface area (Å²) in [6, 6.07) is 4.89. The average molecular weight is 249 g/mol. The highest BCUT2D eigenvalue weighted by atomic mass is 16.5. The number of nitrogens with two attached hydrogens (primary N) is 1. The Bertz CT molecular complexity index is 506. The molecule has 1 aromatic carbocycles. The number of carbonyl (C=O) groups is 2. The fourth-order valence-corrected chi connectivity index (χ4v) is 2.43. The summed E-state index contributed by atoms with van der Waals surface area (Å²) in [4.78, 5) is 23.3. The van der Waals surface area contributed by atoms with E-state index in [9.17, 15) is 14.7 Å². The van der Waals surface area contributed by atoms with Crippen LogP contribution in [0.2, 0.25) is 0 Å². The molecule has 1 aliphatic carbocycles. The van der Waals surface area contributed by atoms with Crippen molar-refractivity contribution in [3.63, 3.8) is 0 Å². The summed E-state index contributed by atoms with van der Waals surface area (Å²) in [5, 5.41) is 9.41. The van der Waals surface area contributed by atoms with Crippen molar-refractivity contribution in [2.45, 2.75) is 24.7 Å². The lowest BCUT2D eigenvalue weighted by Gasteiger charge is -2.39. The molecular formula is C13H15NO4. The van der Waals surface area contributed by atoms with Crippen LogP contribution in [0, 0.1) is 0 Å². The topological polar surface area (TPSA) is 89.6 Å². The number of aliphatic carboxylic acids is 1. The second kappa shape index (κ2) is 4.33. The van der Waals surface area contributed by atoms with E-state index < -0.39 is 17.4 Å². The van der Waals surface area contributed by atoms with Crippen molar-refractivity contribution in [1.82, 2.24) is 0 Å². The summed E-state index contributed by atoms with van der Waals surface area (Å²) in [6.07, 6.45) is 1.88. The molecule has 1 fully saturated rings. The molecule has 0 unspecified atom stereocenters. The molecule has 0 saturated heterocycles. The first-order valence-corrected chi connectivity index (χ1v) is 5.73. The highest BCUT2D eigenvalue weighted by Crippen LogP contribution is 2.46. The lowest BCUT2D eigenvalue weighted by atomic mass is 9.63. The van der Waals surface area contributed by atoms with Crippen molar-refractivity contribution in [1.29, 1.82) is 0 Å². The van der Waals surface area contributed by atoms with Gasteiger partial charge < -0.3 is 15.6 Å². The number of benzene rings is 1. The fraction of sp³-hybridized carbons (Fsp3) is 0.385. The van der Waals surface area contributed by atoms with E-state index in [-0.39, 0.29) is 11.3 Å². The number of rotatable bonds is 3. The molecule has 0 amide bonds. The summed E-state index contributed by atoms with van der Waals surface area (Å²) in [7, 11) is 1.26. The molecule has 0 aromatic heterocycles. The number of nitrogen functional groups attached to an aromatic ring is 1. The van der Waals surface area contributed by atoms with Gasteiger partial charge in [0.15, 0.2) is 0 Å². The Morgan fingerprint density at radius 3 is 2.50 bits per heavy atom. The Kier molecular flexibility index (Phi) is 2.98. The zero-order chi connectivity index (χ0) is 13.3. The number of anilines is 1. The van der Waals surface area contributed by atoms with E-state index >= 15 is 0 Å². The van der Waals surface area contributed by atoms with Crippen LogP contribution in [0.5, 0.6) is 0 Å². The predicted molar refractivity (Wildman–Crippen MR) is 65.4 cm³/mol. The Morgan fingerprint density at radius 2 is 2.06 bits per heavy atom. The van der Waals surface area contributed by atoms with Crippen LogP contribution in [0.3, 0.4) is 0 Å². The molecule has 0 heterocycles. The van der Waals surface area contributed by atoms with Crippen LogP contribution in [-0.2, 0) is 14.9 Å². The summed E-state index contributed by atoms with van der Waals surface area (Å²) in [5.74, 6) is -1.50. The van der Waals surface area contributed by atoms with E-state index in [4.69, 9.17) is 5.73 Å². The third kappa shape index (κ3) is 1.63. The van der Waals surface area contributed by atoms with Gasteiger partial charge >= 0.3 is 11.9 Å². The van der Waals surface area contributed by atoms with E-state index in [0.29, 0.717) is 18.4 Å². The first kappa shape index (κ1) is 12.4. The van der Waals surface area contributed by atoms with Gasteiger partial charge in [-0.25, -0.2) is 4.79 Å². The number of carboxylic acids is 1. The van der Waals surface area contributed by atoms with E-state index in [0.717, 1.165) is 6.42 Å². The molecule has 5 nitrogen and oxygen atoms in total. The SMILES string of the molecule is COC(=O)c1c(N)cccc1C1(C(=O)O)CCC1. The van der Waals surface area contributed by atoms with Gasteiger partial charge in [0.25, 0.3) is 0 Å². The highest BCUT2D eigenvalue weighted by Gasteiger charge is 2.48. The van der Waals surface area contributed by atoms with Crippen LogP contribution < -0.4 is 5.73 Å². The van der Waals surface area contributed by atoms with E-state index in [1.165, 1.54) is 7.11 Å². The van der Waals surface area contributed by atoms with Crippen LogP contribution in [0.25, 0.3) is 0 Å². The third-order valence-corrected chi connectivity index (χ3v) is 3.62. The van der Waals surface area contributed by atoms with E-state index in [1.807, 2.05) is 0 Å². The molecule has 1 aliphatic rings. The number of carbonyl (C=O) groups excluding carboxylic acids is 1. The summed E-state index contributed by atoms with van der Waals surface area (Å²) in [5.41, 5.74) is 5.70. The molecule has 96 valence electrons. The maximum atomic E-state index is 11.8. The van der Waals surface area contributed by atoms with Gasteiger partial charge in [-0.2, -0.15) is 0 Å². The maximum Gasteiger partial charge on any atom is 0.340 e. The second-order valence-corrected chi connectivity index (χ2v) is 4.50. The molecular weight excluding hydrogens is 234 g/mol. The minimum absolute atomic E-state index is 0.183. The number of carboxylic acid groups (broad SMARTS) is 1. The number of esters is 1. The smallest absolute Gasteiger partial charge is 0.340 e. The molecule has 18 heavy (non-hydrogen) atoms. The van der Waals surface area contributed by atoms with Crippen LogP contribution >= 0.6 is 0 Å². The minimum Gasteiger partial charge on any atom is -0.481 e. The third-order valence-electron chi connectivity index (χ3n) is 3.62. The quantitative estimate of drug-likeness (QED) is 0.626. The first-order valence-electron chi connectivity index (χ1n) is 5.73. The van der Waals surface area contributed by atoms with Crippen molar-refractivity contribution >= 4 is 17.6 Å². The normalized spacial score (nSPS) is 16.7. The average Bonchev–Trinajstić information content (AvgIpc) is 2.26. The van der Waals surface area contributed by atoms with Crippen molar-refractivity contribution in [2.75, 3.05) is 12.8 Å². The van der Waals surface area contributed by atoms with Crippen LogP contribution in [0.1, 0.15) is 35.2 Å². The van der Waals surface area contributed by atoms with E-state index in [2.05, 4.69) is 4.74 Å². The number of ether oxygens (including phenoxy) is 1. The highest BCUT2D eigenvalue weighted by molar-refractivity contribution is 5.99. The molecule has 0 atom stereocenters. The molecule has 2 rings (SSSR count). The predicted octanol–water partition coefficient (Wildman–Crippen LogP) is 1.56. The number of methoxy groups -OCH3 is 1. The monoisotopic (exact) mass is 249 g/mol. The fourth-order valence-electron chi connectivity index (χ4n) is 2.43. The van der Waals surface area contributed by atoms with Gasteiger partial charge in [0, 0.05) is 5.69 Å². The van der Waals surface area contributed by atoms with Crippen molar-refractivity contribution in [3.8, 4) is 0 Å². The number of hydrogen-bond acceptors (Lipinski definition) is 4. The van der Waals surface area contributed by atoms with Gasteiger partial charge in [-0.1, -0.05) is 18.6 Å². The van der Waals surface area contributed by atoms with Crippen LogP contribution in [0.4, 0.5) is 5.69 Å². The van der Waals surface area contributed by atoms with Gasteiger partial charge in [0.1, 0.15) is 0 Å². The van der Waals surface area contributed by atoms with Gasteiger partial charge in [0.2, 0.25) is 0 Å². The molecule has 1 saturated carbocycles. The summed E-state index contributed by atoms with van der Waals surface area (Å²) >= 11 is 0. The van der Waals surface area contributed by atoms with Crippen LogP contribution in [0.15, 0.2) is 18.2 Å². The Morgan fingerprint density at radius 1 is 1.39 bits per heavy atom. The zero-order valence-corrected chi connectivity index (χ0v) is 10.1. The molecule has 0 radical (unpaired) electrons. The Hall–Kier alpha value is -2.04. The van der Waals surface area contributed by atoms with Crippen molar-refractivity contribution < 1.29 is 19.4 Å². The van der Waals surface area contributed by atoms with E-state index in [1.54, 1.807) is 18.2 Å². The minimum atomic E-state index is -0.987. The van der Waals surface area contributed by atoms with Gasteiger partial charge in [-0.15, -0.1) is 0 Å². The Labute approximate surface area is 105 Å². The van der Waals surface area contributed by atoms with Crippen molar-refractivity contribution in [3.05, 3.63) is 29.3 Å². The molecule has 1 aromatic rings. The summed E-state index contributed by atoms with van der Waals surface area (Å²) < 4.78 is 4.69. The molecule has 0 spiro atoms. The summed E-state index contributed by atoms with van der Waals surface area (Å²) in [6.45, 7) is 0. The largest absolute Gasteiger partial charge is 0.481 e. The van der Waals surface area contributed by atoms with Gasteiger partial charge in [-0.3, -0.25) is 4.79 Å². The zero-order valence-electron chi connectivity index (χ0n) is 10.1. The standard InChI is InChI=1S/C13H15NO4/c1-18-11(15)10-8(4-2-5-9(10)14)13(12(16)17)6-3-7-13/h2,4-5H,3,6-7,14H2,1H3,(H,16,17). The first-order chi connectivity index (χ1) is 8.53. The lowest BCUT2D eigenvalue weighted by Crippen LogP contribution is -2.43. The Balaban J connectivity index is 2.60.